The third-order valence-electron chi connectivity index (χ3n) is 2.20. The van der Waals surface area contributed by atoms with E-state index in [9.17, 15) is 8.78 Å². The Kier molecular flexibility index (Phi) is 2.85. The van der Waals surface area contributed by atoms with Crippen LogP contribution in [0.5, 0.6) is 0 Å². The minimum Gasteiger partial charge on any atom is -0.399 e. The number of nitrogen functional groups attached to an aromatic ring is 1. The van der Waals surface area contributed by atoms with Gasteiger partial charge in [0.05, 0.1) is 6.20 Å². The number of nitrogens with two attached hydrogens (primary N) is 1. The van der Waals surface area contributed by atoms with E-state index < -0.39 is 6.43 Å². The largest absolute Gasteiger partial charge is 0.399 e. The van der Waals surface area contributed by atoms with Crippen molar-refractivity contribution in [2.45, 2.75) is 13.0 Å². The van der Waals surface area contributed by atoms with Gasteiger partial charge in [-0.05, 0) is 17.7 Å². The van der Waals surface area contributed by atoms with Crippen LogP contribution in [0.1, 0.15) is 0 Å². The van der Waals surface area contributed by atoms with Gasteiger partial charge in [0.1, 0.15) is 6.54 Å². The highest BCUT2D eigenvalue weighted by Crippen LogP contribution is 2.19. The van der Waals surface area contributed by atoms with Gasteiger partial charge in [-0.1, -0.05) is 12.1 Å². The van der Waals surface area contributed by atoms with E-state index in [1.54, 1.807) is 24.5 Å². The van der Waals surface area contributed by atoms with Crippen molar-refractivity contribution in [3.8, 4) is 11.1 Å². The molecule has 0 unspecified atom stereocenters. The van der Waals surface area contributed by atoms with Crippen LogP contribution >= 0.6 is 0 Å². The van der Waals surface area contributed by atoms with Crippen LogP contribution in [0.25, 0.3) is 11.1 Å². The number of nitrogens with zero attached hydrogens (tertiary/aromatic N) is 2. The lowest BCUT2D eigenvalue weighted by molar-refractivity contribution is 0.122. The number of alkyl halides is 2. The monoisotopic (exact) mass is 223 g/mol. The Labute approximate surface area is 91.5 Å². The summed E-state index contributed by atoms with van der Waals surface area (Å²) in [4.78, 5) is 0. The molecule has 84 valence electrons. The van der Waals surface area contributed by atoms with Gasteiger partial charge in [0.25, 0.3) is 6.43 Å². The summed E-state index contributed by atoms with van der Waals surface area (Å²) in [6.45, 7) is -0.380. The summed E-state index contributed by atoms with van der Waals surface area (Å²) in [5.74, 6) is 0. The average molecular weight is 223 g/mol. The van der Waals surface area contributed by atoms with Gasteiger partial charge in [-0.25, -0.2) is 8.78 Å². The van der Waals surface area contributed by atoms with E-state index in [-0.39, 0.29) is 6.54 Å². The van der Waals surface area contributed by atoms with Crippen LogP contribution in [-0.2, 0) is 6.54 Å². The quantitative estimate of drug-likeness (QED) is 0.812. The van der Waals surface area contributed by atoms with Gasteiger partial charge in [0.15, 0.2) is 0 Å². The Morgan fingerprint density at radius 1 is 1.19 bits per heavy atom. The molecule has 0 aliphatic carbocycles. The fourth-order valence-corrected chi connectivity index (χ4v) is 1.43. The molecule has 1 aromatic carbocycles. The molecule has 0 fully saturated rings. The van der Waals surface area contributed by atoms with E-state index in [1.165, 1.54) is 4.68 Å². The van der Waals surface area contributed by atoms with Crippen molar-refractivity contribution in [3.05, 3.63) is 36.7 Å². The second-order valence-corrected chi connectivity index (χ2v) is 3.46. The summed E-state index contributed by atoms with van der Waals surface area (Å²) < 4.78 is 25.4. The minimum atomic E-state index is -2.39. The van der Waals surface area contributed by atoms with Crippen molar-refractivity contribution in [3.63, 3.8) is 0 Å². The van der Waals surface area contributed by atoms with E-state index in [0.717, 1.165) is 11.1 Å². The van der Waals surface area contributed by atoms with Crippen LogP contribution in [-0.4, -0.2) is 16.2 Å². The fraction of sp³-hybridized carbons (Fsp3) is 0.182. The number of benzene rings is 1. The van der Waals surface area contributed by atoms with Gasteiger partial charge < -0.3 is 5.73 Å². The van der Waals surface area contributed by atoms with Gasteiger partial charge in [0, 0.05) is 17.4 Å². The van der Waals surface area contributed by atoms with Crippen LogP contribution in [0, 0.1) is 0 Å². The minimum absolute atomic E-state index is 0.380. The molecule has 0 radical (unpaired) electrons. The zero-order valence-corrected chi connectivity index (χ0v) is 8.48. The van der Waals surface area contributed by atoms with Crippen molar-refractivity contribution in [2.24, 2.45) is 0 Å². The van der Waals surface area contributed by atoms with Crippen molar-refractivity contribution in [1.82, 2.24) is 9.78 Å². The first kappa shape index (κ1) is 10.6. The normalized spacial score (nSPS) is 10.9. The maximum absolute atomic E-state index is 12.1. The van der Waals surface area contributed by atoms with Gasteiger partial charge in [-0.2, -0.15) is 5.10 Å². The number of hydrogen-bond donors (Lipinski definition) is 1. The molecule has 3 nitrogen and oxygen atoms in total. The lowest BCUT2D eigenvalue weighted by atomic mass is 10.1. The summed E-state index contributed by atoms with van der Waals surface area (Å²) in [6.07, 6.45) is 0.769. The van der Waals surface area contributed by atoms with Crippen LogP contribution in [0.15, 0.2) is 36.7 Å². The lowest BCUT2D eigenvalue weighted by Crippen LogP contribution is -2.06. The Balaban J connectivity index is 2.21. The van der Waals surface area contributed by atoms with E-state index in [0.29, 0.717) is 5.69 Å². The van der Waals surface area contributed by atoms with E-state index in [4.69, 9.17) is 5.73 Å². The predicted octanol–water partition coefficient (Wildman–Crippen LogP) is 2.40. The molecule has 0 amide bonds. The lowest BCUT2D eigenvalue weighted by Gasteiger charge is -1.99. The molecule has 2 rings (SSSR count). The molecule has 16 heavy (non-hydrogen) atoms. The zero-order chi connectivity index (χ0) is 11.5. The smallest absolute Gasteiger partial charge is 0.257 e. The van der Waals surface area contributed by atoms with Crippen molar-refractivity contribution in [1.29, 1.82) is 0 Å². The van der Waals surface area contributed by atoms with Gasteiger partial charge >= 0.3 is 0 Å². The molecule has 0 saturated heterocycles. The molecule has 0 aliphatic heterocycles. The second-order valence-electron chi connectivity index (χ2n) is 3.46. The maximum Gasteiger partial charge on any atom is 0.257 e. The van der Waals surface area contributed by atoms with Gasteiger partial charge in [-0.15, -0.1) is 0 Å². The Bertz CT molecular complexity index is 462. The van der Waals surface area contributed by atoms with Crippen molar-refractivity contribution < 1.29 is 8.78 Å². The number of aromatic nitrogens is 2. The standard InChI is InChI=1S/C11H11F2N3/c12-11(13)7-16-6-9(5-15-16)8-1-3-10(14)4-2-8/h1-6,11H,7,14H2. The van der Waals surface area contributed by atoms with Crippen LogP contribution in [0.3, 0.4) is 0 Å². The molecule has 0 aliphatic rings. The molecular formula is C11H11F2N3. The Hall–Kier alpha value is -1.91. The van der Waals surface area contributed by atoms with Crippen LogP contribution in [0.4, 0.5) is 14.5 Å². The fourth-order valence-electron chi connectivity index (χ4n) is 1.43. The molecule has 1 aromatic heterocycles. The van der Waals surface area contributed by atoms with Crippen molar-refractivity contribution >= 4 is 5.69 Å². The molecular weight excluding hydrogens is 212 g/mol. The summed E-state index contributed by atoms with van der Waals surface area (Å²) in [5, 5.41) is 3.86. The predicted molar refractivity (Wildman–Crippen MR) is 58.1 cm³/mol. The van der Waals surface area contributed by atoms with E-state index in [1.807, 2.05) is 12.1 Å². The Morgan fingerprint density at radius 2 is 1.88 bits per heavy atom. The first-order valence-corrected chi connectivity index (χ1v) is 4.81. The average Bonchev–Trinajstić information content (AvgIpc) is 2.66. The number of hydrogen-bond acceptors (Lipinski definition) is 2. The first-order chi connectivity index (χ1) is 7.65. The summed E-state index contributed by atoms with van der Waals surface area (Å²) in [7, 11) is 0. The molecule has 2 aromatic rings. The summed E-state index contributed by atoms with van der Waals surface area (Å²) in [6, 6.07) is 7.19. The molecule has 5 heteroatoms. The molecule has 0 spiro atoms. The Morgan fingerprint density at radius 3 is 2.50 bits per heavy atom. The maximum atomic E-state index is 12.1. The third-order valence-corrected chi connectivity index (χ3v) is 2.20. The molecule has 0 atom stereocenters. The van der Waals surface area contributed by atoms with Gasteiger partial charge in [-0.3, -0.25) is 4.68 Å². The molecule has 1 heterocycles. The number of halogens is 2. The summed E-state index contributed by atoms with van der Waals surface area (Å²) in [5.41, 5.74) is 7.94. The van der Waals surface area contributed by atoms with E-state index >= 15 is 0 Å². The van der Waals surface area contributed by atoms with Crippen molar-refractivity contribution in [2.75, 3.05) is 5.73 Å². The third kappa shape index (κ3) is 2.36. The van der Waals surface area contributed by atoms with Crippen LogP contribution in [0.2, 0.25) is 0 Å². The highest BCUT2D eigenvalue weighted by atomic mass is 19.3. The first-order valence-electron chi connectivity index (χ1n) is 4.81. The molecule has 0 saturated carbocycles. The molecule has 2 N–H and O–H groups in total. The highest BCUT2D eigenvalue weighted by Gasteiger charge is 2.06. The SMILES string of the molecule is Nc1ccc(-c2cnn(CC(F)F)c2)cc1. The zero-order valence-electron chi connectivity index (χ0n) is 8.48. The topological polar surface area (TPSA) is 43.8 Å². The number of rotatable bonds is 3. The number of anilines is 1. The molecule has 0 bridgehead atoms. The van der Waals surface area contributed by atoms with Gasteiger partial charge in [0.2, 0.25) is 0 Å². The van der Waals surface area contributed by atoms with E-state index in [2.05, 4.69) is 5.10 Å². The summed E-state index contributed by atoms with van der Waals surface area (Å²) >= 11 is 0. The van der Waals surface area contributed by atoms with Crippen LogP contribution < -0.4 is 5.73 Å². The second kappa shape index (κ2) is 4.30. The highest BCUT2D eigenvalue weighted by molar-refractivity contribution is 5.63.